The molecule has 45 heavy (non-hydrogen) atoms. The maximum absolute atomic E-state index is 13.9. The molecule has 1 saturated heterocycles. The Balaban J connectivity index is 1.29. The number of nitrogens with zero attached hydrogens (tertiary/aromatic N) is 6. The van der Waals surface area contributed by atoms with Gasteiger partial charge in [-0.2, -0.15) is 5.26 Å². The van der Waals surface area contributed by atoms with Gasteiger partial charge >= 0.3 is 0 Å². The van der Waals surface area contributed by atoms with E-state index in [1.807, 2.05) is 41.2 Å². The van der Waals surface area contributed by atoms with Crippen molar-refractivity contribution in [3.63, 3.8) is 0 Å². The Labute approximate surface area is 265 Å². The predicted octanol–water partition coefficient (Wildman–Crippen LogP) is 6.51. The summed E-state index contributed by atoms with van der Waals surface area (Å²) in [6, 6.07) is 22.3. The minimum atomic E-state index is -0.452. The van der Waals surface area contributed by atoms with Crippen molar-refractivity contribution in [2.24, 2.45) is 0 Å². The molecule has 228 valence electrons. The number of anilines is 2. The molecular weight excluding hydrogens is 591 g/mol. The molecule has 0 amide bonds. The molecule has 1 saturated carbocycles. The molecule has 2 atom stereocenters. The number of ether oxygens (including phenoxy) is 1. The second-order valence-electron chi connectivity index (χ2n) is 11.5. The summed E-state index contributed by atoms with van der Waals surface area (Å²) < 4.78 is 21.4. The van der Waals surface area contributed by atoms with Crippen LogP contribution in [0.5, 0.6) is 0 Å². The number of benzene rings is 3. The van der Waals surface area contributed by atoms with Gasteiger partial charge in [0.25, 0.3) is 0 Å². The van der Waals surface area contributed by atoms with Gasteiger partial charge < -0.3 is 15.4 Å². The van der Waals surface area contributed by atoms with Crippen LogP contribution in [0.2, 0.25) is 5.02 Å². The predicted molar refractivity (Wildman–Crippen MR) is 172 cm³/mol. The van der Waals surface area contributed by atoms with E-state index < -0.39 is 6.04 Å². The van der Waals surface area contributed by atoms with E-state index in [2.05, 4.69) is 44.0 Å². The number of pyridine rings is 1. The van der Waals surface area contributed by atoms with Crippen molar-refractivity contribution in [2.75, 3.05) is 43.5 Å². The molecule has 9 nitrogen and oxygen atoms in total. The molecule has 11 heteroatoms. The van der Waals surface area contributed by atoms with Crippen molar-refractivity contribution in [1.29, 1.82) is 5.26 Å². The minimum Gasteiger partial charge on any atom is -0.379 e. The maximum Gasteiger partial charge on any atom is 0.123 e. The lowest BCUT2D eigenvalue weighted by Gasteiger charge is -2.32. The molecule has 1 unspecified atom stereocenters. The number of halogens is 2. The topological polar surface area (TPSA) is 104 Å². The molecule has 2 N–H and O–H groups in total. The van der Waals surface area contributed by atoms with Crippen molar-refractivity contribution in [3.05, 3.63) is 112 Å². The summed E-state index contributed by atoms with van der Waals surface area (Å²) in [6.07, 6.45) is 5.69. The van der Waals surface area contributed by atoms with Gasteiger partial charge in [0, 0.05) is 36.2 Å². The molecule has 2 fully saturated rings. The monoisotopic (exact) mass is 622 g/mol. The summed E-state index contributed by atoms with van der Waals surface area (Å²) >= 11 is 6.77. The van der Waals surface area contributed by atoms with E-state index in [-0.39, 0.29) is 11.9 Å². The molecule has 0 radical (unpaired) electrons. The number of morpholine rings is 1. The zero-order valence-corrected chi connectivity index (χ0v) is 25.3. The molecule has 3 aromatic carbocycles. The SMILES string of the molecule is N#Cc1cnc2c(N[C@@H](c3ccc(F)cc3)c3cn(C4CC4)nn3)cc(Cl)cc2c1NC(CN1CCOCC1)c1ccccc1. The first-order valence-electron chi connectivity index (χ1n) is 15.1. The van der Waals surface area contributed by atoms with Crippen LogP contribution in [0.25, 0.3) is 10.9 Å². The van der Waals surface area contributed by atoms with Gasteiger partial charge in [0.05, 0.1) is 60.0 Å². The second-order valence-corrected chi connectivity index (χ2v) is 11.9. The molecular formula is C34H32ClFN8O. The molecule has 0 bridgehead atoms. The Hall–Kier alpha value is -4.56. The smallest absolute Gasteiger partial charge is 0.123 e. The lowest BCUT2D eigenvalue weighted by molar-refractivity contribution is 0.0361. The lowest BCUT2D eigenvalue weighted by atomic mass is 10.0. The summed E-state index contributed by atoms with van der Waals surface area (Å²) in [5.41, 5.74) is 4.99. The van der Waals surface area contributed by atoms with E-state index in [1.54, 1.807) is 18.3 Å². The van der Waals surface area contributed by atoms with Crippen LogP contribution in [0.15, 0.2) is 79.1 Å². The molecule has 0 spiro atoms. The Bertz CT molecular complexity index is 1830. The molecule has 1 aliphatic heterocycles. The van der Waals surface area contributed by atoms with Crippen LogP contribution < -0.4 is 10.6 Å². The normalized spacial score (nSPS) is 16.6. The standard InChI is InChI=1S/C34H32ClFN8O/c35-25-16-28-32(40-30(22-4-2-1-3-5-22)20-43-12-14-45-15-13-43)24(18-37)19-38-34(28)29(17-25)39-33(23-6-8-26(36)9-7-23)31-21-44(42-41-31)27-10-11-27/h1-9,16-17,19,21,27,30,33,39H,10-15,20H2,(H,38,40)/t30?,33-/m0/s1. The molecule has 3 heterocycles. The van der Waals surface area contributed by atoms with Gasteiger partial charge in [0.2, 0.25) is 0 Å². The number of aromatic nitrogens is 4. The first kappa shape index (κ1) is 29.2. The quantitative estimate of drug-likeness (QED) is 0.182. The molecule has 1 aliphatic carbocycles. The minimum absolute atomic E-state index is 0.109. The van der Waals surface area contributed by atoms with E-state index >= 15 is 0 Å². The van der Waals surface area contributed by atoms with E-state index in [9.17, 15) is 9.65 Å². The van der Waals surface area contributed by atoms with E-state index in [4.69, 9.17) is 21.3 Å². The van der Waals surface area contributed by atoms with Gasteiger partial charge in [-0.05, 0) is 48.2 Å². The largest absolute Gasteiger partial charge is 0.379 e. The maximum atomic E-state index is 13.9. The number of rotatable bonds is 10. The van der Waals surface area contributed by atoms with Crippen LogP contribution in [0.4, 0.5) is 15.8 Å². The third kappa shape index (κ3) is 6.47. The Morgan fingerprint density at radius 2 is 1.80 bits per heavy atom. The van der Waals surface area contributed by atoms with Crippen LogP contribution in [0.1, 0.15) is 53.4 Å². The highest BCUT2D eigenvalue weighted by Crippen LogP contribution is 2.39. The molecule has 2 aliphatic rings. The number of nitrogens with one attached hydrogen (secondary N) is 2. The molecule has 5 aromatic rings. The highest BCUT2D eigenvalue weighted by Gasteiger charge is 2.28. The van der Waals surface area contributed by atoms with Crippen molar-refractivity contribution >= 4 is 33.9 Å². The number of hydrogen-bond donors (Lipinski definition) is 2. The van der Waals surface area contributed by atoms with Gasteiger partial charge in [-0.3, -0.25) is 9.88 Å². The summed E-state index contributed by atoms with van der Waals surface area (Å²) in [5.74, 6) is -0.321. The Kier molecular flexibility index (Phi) is 8.31. The third-order valence-corrected chi connectivity index (χ3v) is 8.59. The lowest BCUT2D eigenvalue weighted by Crippen LogP contribution is -2.40. The van der Waals surface area contributed by atoms with Crippen LogP contribution in [-0.2, 0) is 4.74 Å². The average Bonchev–Trinajstić information content (AvgIpc) is 3.81. The van der Waals surface area contributed by atoms with Gasteiger partial charge in [-0.1, -0.05) is 59.3 Å². The van der Waals surface area contributed by atoms with Crippen molar-refractivity contribution in [3.8, 4) is 6.07 Å². The van der Waals surface area contributed by atoms with Crippen molar-refractivity contribution in [1.82, 2.24) is 24.9 Å². The number of fused-ring (bicyclic) bond motifs is 1. The van der Waals surface area contributed by atoms with E-state index in [0.29, 0.717) is 57.8 Å². The fraction of sp³-hybridized carbons (Fsp3) is 0.294. The third-order valence-electron chi connectivity index (χ3n) is 8.37. The summed E-state index contributed by atoms with van der Waals surface area (Å²) in [6.45, 7) is 3.79. The van der Waals surface area contributed by atoms with E-state index in [0.717, 1.165) is 43.6 Å². The van der Waals surface area contributed by atoms with Gasteiger partial charge in [0.1, 0.15) is 17.6 Å². The Morgan fingerprint density at radius 3 is 2.53 bits per heavy atom. The highest BCUT2D eigenvalue weighted by atomic mass is 35.5. The molecule has 2 aromatic heterocycles. The second kappa shape index (κ2) is 12.8. The zero-order valence-electron chi connectivity index (χ0n) is 24.5. The van der Waals surface area contributed by atoms with Crippen molar-refractivity contribution < 1.29 is 9.13 Å². The average molecular weight is 623 g/mol. The summed E-state index contributed by atoms with van der Waals surface area (Å²) in [4.78, 5) is 7.10. The fourth-order valence-corrected chi connectivity index (χ4v) is 6.05. The first-order chi connectivity index (χ1) is 22.1. The van der Waals surface area contributed by atoms with Crippen LogP contribution in [0.3, 0.4) is 0 Å². The zero-order chi connectivity index (χ0) is 30.8. The van der Waals surface area contributed by atoms with Crippen LogP contribution in [0, 0.1) is 17.1 Å². The van der Waals surface area contributed by atoms with Gasteiger partial charge in [-0.25, -0.2) is 9.07 Å². The summed E-state index contributed by atoms with van der Waals surface area (Å²) in [7, 11) is 0. The number of nitriles is 1. The van der Waals surface area contributed by atoms with E-state index in [1.165, 1.54) is 12.1 Å². The molecule has 7 rings (SSSR count). The summed E-state index contributed by atoms with van der Waals surface area (Å²) in [5, 5.41) is 27.5. The fourth-order valence-electron chi connectivity index (χ4n) is 5.83. The van der Waals surface area contributed by atoms with Crippen LogP contribution in [-0.4, -0.2) is 57.7 Å². The Morgan fingerprint density at radius 1 is 1.02 bits per heavy atom. The number of hydrogen-bond acceptors (Lipinski definition) is 8. The first-order valence-corrected chi connectivity index (χ1v) is 15.5. The van der Waals surface area contributed by atoms with Gasteiger partial charge in [0.15, 0.2) is 0 Å². The van der Waals surface area contributed by atoms with Crippen molar-refractivity contribution in [2.45, 2.75) is 31.0 Å². The van der Waals surface area contributed by atoms with Gasteiger partial charge in [-0.15, -0.1) is 5.10 Å². The highest BCUT2D eigenvalue weighted by molar-refractivity contribution is 6.32. The van der Waals surface area contributed by atoms with Crippen LogP contribution >= 0.6 is 11.6 Å².